The van der Waals surface area contributed by atoms with Crippen molar-refractivity contribution in [2.75, 3.05) is 0 Å². The third-order valence-corrected chi connectivity index (χ3v) is 11.5. The van der Waals surface area contributed by atoms with Crippen LogP contribution in [0.4, 0.5) is 0 Å². The number of aromatic nitrogens is 2. The molecule has 0 N–H and O–H groups in total. The van der Waals surface area contributed by atoms with Crippen molar-refractivity contribution in [3.05, 3.63) is 194 Å². The molecule has 0 aliphatic rings. The van der Waals surface area contributed by atoms with E-state index in [1.54, 1.807) is 0 Å². The fourth-order valence-electron chi connectivity index (χ4n) is 8.97. The van der Waals surface area contributed by atoms with Gasteiger partial charge in [0, 0.05) is 32.6 Å². The van der Waals surface area contributed by atoms with Crippen LogP contribution >= 0.6 is 0 Å². The van der Waals surface area contributed by atoms with E-state index in [1.165, 1.54) is 76.6 Å². The fraction of sp³-hybridized carbons (Fsp3) is 0. The van der Waals surface area contributed by atoms with Gasteiger partial charge in [-0.1, -0.05) is 121 Å². The van der Waals surface area contributed by atoms with E-state index in [-0.39, 0.29) is 0 Å². The molecule has 3 heteroatoms. The zero-order valence-electron chi connectivity index (χ0n) is 29.8. The Hall–Kier alpha value is -7.36. The maximum atomic E-state index is 6.32. The van der Waals surface area contributed by atoms with E-state index in [1.807, 2.05) is 6.07 Å². The zero-order valence-corrected chi connectivity index (χ0v) is 29.8. The highest BCUT2D eigenvalue weighted by atomic mass is 16.3. The number of fused-ring (bicyclic) bond motifs is 10. The first-order valence-corrected chi connectivity index (χ1v) is 18.8. The quantitative estimate of drug-likeness (QED) is 0.179. The van der Waals surface area contributed by atoms with Crippen molar-refractivity contribution in [1.29, 1.82) is 0 Å². The Morgan fingerprint density at radius 2 is 0.891 bits per heavy atom. The molecule has 256 valence electrons. The minimum absolute atomic E-state index is 0.897. The van der Waals surface area contributed by atoms with Crippen molar-refractivity contribution in [3.8, 4) is 33.6 Å². The minimum atomic E-state index is 0.897. The molecule has 0 spiro atoms. The Morgan fingerprint density at radius 3 is 1.73 bits per heavy atom. The van der Waals surface area contributed by atoms with Crippen molar-refractivity contribution in [1.82, 2.24) is 9.13 Å². The van der Waals surface area contributed by atoms with Crippen molar-refractivity contribution >= 4 is 76.3 Å². The molecule has 0 saturated carbocycles. The summed E-state index contributed by atoms with van der Waals surface area (Å²) in [6.45, 7) is 0. The van der Waals surface area contributed by atoms with Gasteiger partial charge in [0.2, 0.25) is 0 Å². The van der Waals surface area contributed by atoms with E-state index in [9.17, 15) is 0 Å². The predicted octanol–water partition coefficient (Wildman–Crippen LogP) is 14.3. The molecule has 0 unspecified atom stereocenters. The molecule has 12 aromatic rings. The van der Waals surface area contributed by atoms with Gasteiger partial charge in [-0.2, -0.15) is 0 Å². The van der Waals surface area contributed by atoms with Gasteiger partial charge in [0.15, 0.2) is 0 Å². The zero-order chi connectivity index (χ0) is 36.0. The molecule has 0 saturated heterocycles. The molecule has 0 radical (unpaired) electrons. The topological polar surface area (TPSA) is 23.0 Å². The minimum Gasteiger partial charge on any atom is -0.456 e. The van der Waals surface area contributed by atoms with Crippen LogP contribution in [0.2, 0.25) is 0 Å². The first-order chi connectivity index (χ1) is 27.3. The van der Waals surface area contributed by atoms with Gasteiger partial charge >= 0.3 is 0 Å². The highest BCUT2D eigenvalue weighted by Gasteiger charge is 2.19. The summed E-state index contributed by atoms with van der Waals surface area (Å²) in [5.74, 6) is 0. The molecule has 0 aliphatic carbocycles. The lowest BCUT2D eigenvalue weighted by Gasteiger charge is -2.11. The third-order valence-electron chi connectivity index (χ3n) is 11.5. The van der Waals surface area contributed by atoms with Crippen molar-refractivity contribution in [2.45, 2.75) is 0 Å². The van der Waals surface area contributed by atoms with Crippen LogP contribution < -0.4 is 0 Å². The average Bonchev–Trinajstić information content (AvgIpc) is 3.90. The molecule has 0 amide bonds. The maximum Gasteiger partial charge on any atom is 0.137 e. The predicted molar refractivity (Wildman–Crippen MR) is 231 cm³/mol. The summed E-state index contributed by atoms with van der Waals surface area (Å²) < 4.78 is 11.2. The molecule has 9 aromatic carbocycles. The number of furan rings is 1. The average molecular weight is 701 g/mol. The van der Waals surface area contributed by atoms with Crippen LogP contribution in [-0.4, -0.2) is 9.13 Å². The van der Waals surface area contributed by atoms with Crippen LogP contribution in [0.25, 0.3) is 110 Å². The molecule has 0 fully saturated rings. The van der Waals surface area contributed by atoms with E-state index in [2.05, 4.69) is 197 Å². The lowest BCUT2D eigenvalue weighted by Crippen LogP contribution is -1.95. The summed E-state index contributed by atoms with van der Waals surface area (Å²) in [6, 6.07) is 70.4. The molecule has 12 rings (SSSR count). The van der Waals surface area contributed by atoms with Gasteiger partial charge in [-0.05, 0) is 106 Å². The van der Waals surface area contributed by atoms with Gasteiger partial charge in [-0.25, -0.2) is 0 Å². The Kier molecular flexibility index (Phi) is 6.34. The van der Waals surface area contributed by atoms with Gasteiger partial charge < -0.3 is 13.6 Å². The van der Waals surface area contributed by atoms with Gasteiger partial charge in [-0.3, -0.25) is 0 Å². The Morgan fingerprint density at radius 1 is 0.309 bits per heavy atom. The standard InChI is InChI=1S/C52H32N2O/c1-2-12-33(13-3-1)34-16-10-17-39(28-34)53-46-26-24-38(31-43(46)44-29-35-14-4-5-15-36(35)32-49(44)53)37-25-27-47-42(30-37)40-18-6-8-20-45(40)54(47)48-21-11-23-51-52(48)41-19-7-9-22-50(41)55-51/h1-32H. The molecular formula is C52H32N2O. The molecule has 0 atom stereocenters. The number of para-hydroxylation sites is 2. The number of nitrogens with zero attached hydrogens (tertiary/aromatic N) is 2. The van der Waals surface area contributed by atoms with Crippen molar-refractivity contribution in [2.24, 2.45) is 0 Å². The molecule has 3 nitrogen and oxygen atoms in total. The van der Waals surface area contributed by atoms with E-state index < -0.39 is 0 Å². The summed E-state index contributed by atoms with van der Waals surface area (Å²) in [7, 11) is 0. The molecular weight excluding hydrogens is 669 g/mol. The van der Waals surface area contributed by atoms with Gasteiger partial charge in [0.05, 0.1) is 33.1 Å². The van der Waals surface area contributed by atoms with Crippen molar-refractivity contribution in [3.63, 3.8) is 0 Å². The number of hydrogen-bond donors (Lipinski definition) is 0. The van der Waals surface area contributed by atoms with Crippen LogP contribution in [-0.2, 0) is 0 Å². The summed E-state index contributed by atoms with van der Waals surface area (Å²) in [5.41, 5.74) is 13.6. The summed E-state index contributed by atoms with van der Waals surface area (Å²) in [4.78, 5) is 0. The molecule has 55 heavy (non-hydrogen) atoms. The number of benzene rings is 9. The highest BCUT2D eigenvalue weighted by Crippen LogP contribution is 2.42. The fourth-order valence-corrected chi connectivity index (χ4v) is 8.97. The van der Waals surface area contributed by atoms with Crippen molar-refractivity contribution < 1.29 is 4.42 Å². The van der Waals surface area contributed by atoms with Crippen LogP contribution in [0.15, 0.2) is 199 Å². The lowest BCUT2D eigenvalue weighted by atomic mass is 10.00. The Balaban J connectivity index is 1.07. The first kappa shape index (κ1) is 30.1. The van der Waals surface area contributed by atoms with E-state index in [4.69, 9.17) is 4.42 Å². The normalized spacial score (nSPS) is 12.0. The molecule has 3 aromatic heterocycles. The highest BCUT2D eigenvalue weighted by molar-refractivity contribution is 6.17. The van der Waals surface area contributed by atoms with Crippen LogP contribution in [0.1, 0.15) is 0 Å². The second kappa shape index (κ2) is 11.6. The van der Waals surface area contributed by atoms with Crippen LogP contribution in [0, 0.1) is 0 Å². The third kappa shape index (κ3) is 4.50. The second-order valence-electron chi connectivity index (χ2n) is 14.5. The Bertz CT molecular complexity index is 3490. The summed E-state index contributed by atoms with van der Waals surface area (Å²) in [6.07, 6.45) is 0. The smallest absolute Gasteiger partial charge is 0.137 e. The molecule has 3 heterocycles. The summed E-state index contributed by atoms with van der Waals surface area (Å²) in [5, 5.41) is 9.68. The van der Waals surface area contributed by atoms with E-state index in [0.717, 1.165) is 33.3 Å². The molecule has 0 aliphatic heterocycles. The van der Waals surface area contributed by atoms with Gasteiger partial charge in [0.25, 0.3) is 0 Å². The van der Waals surface area contributed by atoms with Crippen LogP contribution in [0.3, 0.4) is 0 Å². The van der Waals surface area contributed by atoms with Gasteiger partial charge in [-0.15, -0.1) is 0 Å². The van der Waals surface area contributed by atoms with E-state index in [0.29, 0.717) is 0 Å². The van der Waals surface area contributed by atoms with Gasteiger partial charge in [0.1, 0.15) is 11.2 Å². The first-order valence-electron chi connectivity index (χ1n) is 18.8. The second-order valence-corrected chi connectivity index (χ2v) is 14.5. The Labute approximate surface area is 316 Å². The van der Waals surface area contributed by atoms with Crippen LogP contribution in [0.5, 0.6) is 0 Å². The van der Waals surface area contributed by atoms with E-state index >= 15 is 0 Å². The number of rotatable bonds is 4. The number of hydrogen-bond acceptors (Lipinski definition) is 1. The SMILES string of the molecule is c1ccc(-c2cccc(-n3c4ccc(-c5ccc6c(c5)c5ccccc5n6-c5cccc6oc7ccccc7c56)cc4c4cc5ccccc5cc43)c2)cc1. The summed E-state index contributed by atoms with van der Waals surface area (Å²) >= 11 is 0. The lowest BCUT2D eigenvalue weighted by molar-refractivity contribution is 0.669. The monoisotopic (exact) mass is 700 g/mol. The largest absolute Gasteiger partial charge is 0.456 e. The molecule has 0 bridgehead atoms. The maximum absolute atomic E-state index is 6.32.